The minimum Gasteiger partial charge on any atom is -0.351 e. The van der Waals surface area contributed by atoms with Gasteiger partial charge in [0, 0.05) is 6.54 Å². The smallest absolute Gasteiger partial charge is 0.351 e. The molecule has 0 radical (unpaired) electrons. The Labute approximate surface area is 116 Å². The van der Waals surface area contributed by atoms with Crippen LogP contribution in [0.5, 0.6) is 0 Å². The van der Waals surface area contributed by atoms with Crippen molar-refractivity contribution in [1.29, 1.82) is 0 Å². The molecule has 0 spiro atoms. The van der Waals surface area contributed by atoms with Crippen molar-refractivity contribution in [3.63, 3.8) is 0 Å². The van der Waals surface area contributed by atoms with Crippen molar-refractivity contribution in [2.45, 2.75) is 12.6 Å². The number of aromatic nitrogens is 2. The summed E-state index contributed by atoms with van der Waals surface area (Å²) in [6.07, 6.45) is -2.51. The molecule has 1 aromatic heterocycles. The summed E-state index contributed by atoms with van der Waals surface area (Å²) in [7, 11) is 0. The van der Waals surface area contributed by atoms with E-state index in [1.165, 1.54) is 18.3 Å². The number of carbonyl (C=O) groups excluding carboxylic acids is 1. The van der Waals surface area contributed by atoms with Gasteiger partial charge in [-0.25, -0.2) is 0 Å². The van der Waals surface area contributed by atoms with Crippen molar-refractivity contribution >= 4 is 17.4 Å². The maximum absolute atomic E-state index is 12.4. The van der Waals surface area contributed by atoms with Gasteiger partial charge in [-0.2, -0.15) is 13.2 Å². The number of hydrogen-bond acceptors (Lipinski definition) is 4. The Morgan fingerprint density at radius 2 is 1.95 bits per heavy atom. The zero-order chi connectivity index (χ0) is 14.6. The lowest BCUT2D eigenvalue weighted by atomic mass is 10.1. The average Bonchev–Trinajstić information content (AvgIpc) is 2.92. The number of rotatable bonds is 4. The fourth-order valence-electron chi connectivity index (χ4n) is 1.54. The first-order valence-corrected chi connectivity index (χ1v) is 6.46. The van der Waals surface area contributed by atoms with Crippen molar-refractivity contribution < 1.29 is 18.0 Å². The van der Waals surface area contributed by atoms with E-state index in [1.807, 2.05) is 0 Å². The van der Waals surface area contributed by atoms with Gasteiger partial charge in [0.05, 0.1) is 11.8 Å². The molecule has 1 aromatic carbocycles. The van der Waals surface area contributed by atoms with E-state index in [2.05, 4.69) is 14.9 Å². The van der Waals surface area contributed by atoms with E-state index in [-0.39, 0.29) is 5.91 Å². The van der Waals surface area contributed by atoms with Gasteiger partial charge in [-0.3, -0.25) is 4.79 Å². The van der Waals surface area contributed by atoms with Crippen molar-refractivity contribution in [2.75, 3.05) is 6.54 Å². The van der Waals surface area contributed by atoms with Gasteiger partial charge in [-0.1, -0.05) is 16.6 Å². The van der Waals surface area contributed by atoms with Crippen molar-refractivity contribution in [3.8, 4) is 0 Å². The lowest BCUT2D eigenvalue weighted by Crippen LogP contribution is -2.24. The van der Waals surface area contributed by atoms with Crippen LogP contribution in [0.1, 0.15) is 20.8 Å². The molecule has 8 heteroatoms. The lowest BCUT2D eigenvalue weighted by Gasteiger charge is -2.08. The topological polar surface area (TPSA) is 54.9 Å². The molecule has 0 atom stereocenters. The third kappa shape index (κ3) is 3.77. The second kappa shape index (κ2) is 6.00. The van der Waals surface area contributed by atoms with Crippen LogP contribution in [0.15, 0.2) is 30.5 Å². The van der Waals surface area contributed by atoms with Gasteiger partial charge in [0.15, 0.2) is 0 Å². The van der Waals surface area contributed by atoms with Gasteiger partial charge in [0.25, 0.3) is 5.91 Å². The lowest BCUT2D eigenvalue weighted by molar-refractivity contribution is -0.137. The second-order valence-electron chi connectivity index (χ2n) is 3.98. The molecule has 0 aliphatic heterocycles. The van der Waals surface area contributed by atoms with Crippen LogP contribution in [-0.4, -0.2) is 22.0 Å². The minimum atomic E-state index is -4.33. The molecule has 0 bridgehead atoms. The Hall–Kier alpha value is -1.96. The molecule has 20 heavy (non-hydrogen) atoms. The number of nitrogens with zero attached hydrogens (tertiary/aromatic N) is 2. The van der Waals surface area contributed by atoms with Crippen LogP contribution in [0.25, 0.3) is 0 Å². The number of nitrogens with one attached hydrogen (secondary N) is 1. The normalized spacial score (nSPS) is 11.3. The van der Waals surface area contributed by atoms with Crippen molar-refractivity contribution in [3.05, 3.63) is 46.5 Å². The molecule has 0 fully saturated rings. The van der Waals surface area contributed by atoms with E-state index in [4.69, 9.17) is 0 Å². The molecular weight excluding hydrogens is 291 g/mol. The van der Waals surface area contributed by atoms with Crippen LogP contribution >= 0.6 is 11.5 Å². The van der Waals surface area contributed by atoms with Gasteiger partial charge < -0.3 is 5.32 Å². The maximum atomic E-state index is 12.4. The molecule has 1 heterocycles. The predicted molar refractivity (Wildman–Crippen MR) is 67.4 cm³/mol. The van der Waals surface area contributed by atoms with Gasteiger partial charge in [0.1, 0.15) is 4.88 Å². The summed E-state index contributed by atoms with van der Waals surface area (Å²) in [6.45, 7) is 0.335. The second-order valence-corrected chi connectivity index (χ2v) is 4.77. The Balaban J connectivity index is 1.84. The largest absolute Gasteiger partial charge is 0.416 e. The summed E-state index contributed by atoms with van der Waals surface area (Å²) in [5.74, 6) is -0.285. The van der Waals surface area contributed by atoms with Crippen molar-refractivity contribution in [2.24, 2.45) is 0 Å². The summed E-state index contributed by atoms with van der Waals surface area (Å²) >= 11 is 0.984. The number of benzene rings is 1. The summed E-state index contributed by atoms with van der Waals surface area (Å²) in [5.41, 5.74) is 0.0433. The molecule has 4 nitrogen and oxygen atoms in total. The molecule has 0 unspecified atom stereocenters. The first-order valence-electron chi connectivity index (χ1n) is 5.68. The Bertz CT molecular complexity index is 567. The standard InChI is InChI=1S/C12H10F3N3OS/c13-12(14,15)9-3-1-8(2-4-9)5-6-16-11(19)10-7-17-18-20-10/h1-4,7H,5-6H2,(H,16,19). The highest BCUT2D eigenvalue weighted by molar-refractivity contribution is 7.07. The molecule has 1 amide bonds. The summed E-state index contributed by atoms with van der Waals surface area (Å²) in [4.78, 5) is 12.0. The maximum Gasteiger partial charge on any atom is 0.416 e. The van der Waals surface area contributed by atoms with E-state index in [0.717, 1.165) is 29.2 Å². The van der Waals surface area contributed by atoms with Crippen LogP contribution in [0.3, 0.4) is 0 Å². The molecule has 0 saturated carbocycles. The number of alkyl halides is 3. The highest BCUT2D eigenvalue weighted by Gasteiger charge is 2.29. The molecule has 2 rings (SSSR count). The molecule has 2 aromatic rings. The molecule has 1 N–H and O–H groups in total. The first-order chi connectivity index (χ1) is 9.47. The van der Waals surface area contributed by atoms with Gasteiger partial charge in [-0.05, 0) is 35.6 Å². The number of hydrogen-bond donors (Lipinski definition) is 1. The van der Waals surface area contributed by atoms with Crippen LogP contribution < -0.4 is 5.32 Å². The van der Waals surface area contributed by atoms with Gasteiger partial charge in [-0.15, -0.1) is 5.10 Å². The van der Waals surface area contributed by atoms with E-state index in [0.29, 0.717) is 17.8 Å². The monoisotopic (exact) mass is 301 g/mol. The fraction of sp³-hybridized carbons (Fsp3) is 0.250. The minimum absolute atomic E-state index is 0.285. The third-order valence-corrected chi connectivity index (χ3v) is 3.23. The highest BCUT2D eigenvalue weighted by atomic mass is 32.1. The van der Waals surface area contributed by atoms with Gasteiger partial charge >= 0.3 is 6.18 Å². The molecule has 0 aliphatic rings. The van der Waals surface area contributed by atoms with E-state index >= 15 is 0 Å². The average molecular weight is 301 g/mol. The summed E-state index contributed by atoms with van der Waals surface area (Å²) in [5, 5.41) is 6.19. The van der Waals surface area contributed by atoms with Crippen LogP contribution in [0, 0.1) is 0 Å². The van der Waals surface area contributed by atoms with Crippen LogP contribution in [0.4, 0.5) is 13.2 Å². The first kappa shape index (κ1) is 14.4. The Morgan fingerprint density at radius 3 is 2.50 bits per heavy atom. The number of halogens is 3. The molecule has 0 saturated heterocycles. The molecule has 106 valence electrons. The zero-order valence-corrected chi connectivity index (χ0v) is 11.0. The van der Waals surface area contributed by atoms with E-state index in [9.17, 15) is 18.0 Å². The van der Waals surface area contributed by atoms with Crippen molar-refractivity contribution in [1.82, 2.24) is 14.9 Å². The summed E-state index contributed by atoms with van der Waals surface area (Å²) in [6, 6.07) is 4.88. The zero-order valence-electron chi connectivity index (χ0n) is 10.1. The Morgan fingerprint density at radius 1 is 1.25 bits per heavy atom. The fourth-order valence-corrected chi connectivity index (χ4v) is 1.97. The van der Waals surface area contributed by atoms with E-state index < -0.39 is 11.7 Å². The Kier molecular flexibility index (Phi) is 4.33. The SMILES string of the molecule is O=C(NCCc1ccc(C(F)(F)F)cc1)c1cnns1. The molecule has 0 aliphatic carbocycles. The number of carbonyl (C=O) groups is 1. The quantitative estimate of drug-likeness (QED) is 0.944. The molecular formula is C12H10F3N3OS. The summed E-state index contributed by atoms with van der Waals surface area (Å²) < 4.78 is 40.7. The third-order valence-electron chi connectivity index (χ3n) is 2.57. The van der Waals surface area contributed by atoms with Gasteiger partial charge in [0.2, 0.25) is 0 Å². The van der Waals surface area contributed by atoms with Crippen LogP contribution in [0.2, 0.25) is 0 Å². The number of amides is 1. The predicted octanol–water partition coefficient (Wildman–Crippen LogP) is 2.53. The van der Waals surface area contributed by atoms with E-state index in [1.54, 1.807) is 0 Å². The van der Waals surface area contributed by atoms with Crippen LogP contribution in [-0.2, 0) is 12.6 Å². The highest BCUT2D eigenvalue weighted by Crippen LogP contribution is 2.29.